The van der Waals surface area contributed by atoms with Crippen LogP contribution in [0.2, 0.25) is 0 Å². The zero-order chi connectivity index (χ0) is 27.2. The molecule has 0 spiro atoms. The Morgan fingerprint density at radius 1 is 1.08 bits per heavy atom. The van der Waals surface area contributed by atoms with Crippen LogP contribution in [0.5, 0.6) is 11.5 Å². The van der Waals surface area contributed by atoms with E-state index in [2.05, 4.69) is 18.8 Å². The molecule has 1 atom stereocenters. The minimum atomic E-state index is -0.797. The molecule has 2 heterocycles. The molecule has 1 unspecified atom stereocenters. The third-order valence-electron chi connectivity index (χ3n) is 6.28. The van der Waals surface area contributed by atoms with Gasteiger partial charge < -0.3 is 19.5 Å². The van der Waals surface area contributed by atoms with Gasteiger partial charge in [0.25, 0.3) is 11.7 Å². The van der Waals surface area contributed by atoms with Crippen LogP contribution in [0.3, 0.4) is 0 Å². The number of ether oxygens (including phenoxy) is 2. The maximum absolute atomic E-state index is 13.4. The van der Waals surface area contributed by atoms with Gasteiger partial charge in [-0.05, 0) is 72.4 Å². The second kappa shape index (κ2) is 11.9. The van der Waals surface area contributed by atoms with E-state index in [4.69, 9.17) is 9.47 Å². The van der Waals surface area contributed by atoms with Gasteiger partial charge >= 0.3 is 0 Å². The second-order valence-electron chi connectivity index (χ2n) is 9.89. The Hall–Kier alpha value is -4.13. The Kier molecular flexibility index (Phi) is 8.46. The molecule has 0 saturated carbocycles. The number of likely N-dealkylation sites (tertiary alicyclic amines) is 1. The highest BCUT2D eigenvalue weighted by Gasteiger charge is 2.46. The molecule has 0 aliphatic carbocycles. The standard InChI is InChI=1S/C31H34N2O5/c1-5-14-37-26-12-11-24(15-21(26)4)29(34)27-28(23-9-6-10-25(16-23)38-19-20(2)3)33(31(36)30(27)35)18-22-8-7-13-32-17-22/h6-13,15-17,20,28,34H,5,14,18-19H2,1-4H3/b29-27+. The number of aryl methyl sites for hydroxylation is 1. The lowest BCUT2D eigenvalue weighted by molar-refractivity contribution is -0.140. The summed E-state index contributed by atoms with van der Waals surface area (Å²) in [6.45, 7) is 9.32. The average Bonchev–Trinajstić information content (AvgIpc) is 3.16. The lowest BCUT2D eigenvalue weighted by atomic mass is 9.94. The molecule has 1 N–H and O–H groups in total. The molecule has 38 heavy (non-hydrogen) atoms. The van der Waals surface area contributed by atoms with Crippen molar-refractivity contribution in [3.8, 4) is 11.5 Å². The molecule has 1 fully saturated rings. The number of Topliss-reactive ketones (excluding diaryl/α,β-unsaturated/α-hetero) is 1. The summed E-state index contributed by atoms with van der Waals surface area (Å²) in [4.78, 5) is 32.4. The van der Waals surface area contributed by atoms with Crippen LogP contribution in [0.25, 0.3) is 5.76 Å². The van der Waals surface area contributed by atoms with Gasteiger partial charge in [-0.15, -0.1) is 0 Å². The molecule has 1 aliphatic heterocycles. The number of hydrogen-bond acceptors (Lipinski definition) is 6. The SMILES string of the molecule is CCCOc1ccc(/C(O)=C2\C(=O)C(=O)N(Cc3cccnc3)C2c2cccc(OCC(C)C)c2)cc1C. The second-order valence-corrected chi connectivity index (χ2v) is 9.89. The van der Waals surface area contributed by atoms with Gasteiger partial charge in [0.15, 0.2) is 0 Å². The van der Waals surface area contributed by atoms with E-state index in [0.29, 0.717) is 41.8 Å². The van der Waals surface area contributed by atoms with Gasteiger partial charge in [0, 0.05) is 24.5 Å². The van der Waals surface area contributed by atoms with Gasteiger partial charge in [0.1, 0.15) is 17.3 Å². The van der Waals surface area contributed by atoms with Gasteiger partial charge in [0.2, 0.25) is 0 Å². The Labute approximate surface area is 223 Å². The molecule has 4 rings (SSSR count). The van der Waals surface area contributed by atoms with E-state index in [-0.39, 0.29) is 17.9 Å². The normalized spacial score (nSPS) is 16.8. The fraction of sp³-hybridized carbons (Fsp3) is 0.323. The van der Waals surface area contributed by atoms with Crippen LogP contribution >= 0.6 is 0 Å². The highest BCUT2D eigenvalue weighted by Crippen LogP contribution is 2.41. The third-order valence-corrected chi connectivity index (χ3v) is 6.28. The molecule has 198 valence electrons. The lowest BCUT2D eigenvalue weighted by Crippen LogP contribution is -2.29. The topological polar surface area (TPSA) is 89.0 Å². The Morgan fingerprint density at radius 2 is 1.89 bits per heavy atom. The van der Waals surface area contributed by atoms with Crippen molar-refractivity contribution in [3.63, 3.8) is 0 Å². The first-order valence-electron chi connectivity index (χ1n) is 12.9. The number of ketones is 1. The van der Waals surface area contributed by atoms with E-state index >= 15 is 0 Å². The predicted octanol–water partition coefficient (Wildman–Crippen LogP) is 5.84. The number of pyridine rings is 1. The first-order chi connectivity index (χ1) is 18.3. The Morgan fingerprint density at radius 3 is 2.58 bits per heavy atom. The number of carbonyl (C=O) groups excluding carboxylic acids is 2. The Balaban J connectivity index is 1.80. The van der Waals surface area contributed by atoms with Crippen molar-refractivity contribution in [2.45, 2.75) is 46.7 Å². The zero-order valence-corrected chi connectivity index (χ0v) is 22.3. The van der Waals surface area contributed by atoms with E-state index in [9.17, 15) is 14.7 Å². The monoisotopic (exact) mass is 514 g/mol. The van der Waals surface area contributed by atoms with Crippen molar-refractivity contribution in [1.29, 1.82) is 0 Å². The number of aliphatic hydroxyl groups excluding tert-OH is 1. The van der Waals surface area contributed by atoms with Crippen LogP contribution in [0.15, 0.2) is 72.6 Å². The first-order valence-corrected chi connectivity index (χ1v) is 12.9. The van der Waals surface area contributed by atoms with Crippen LogP contribution < -0.4 is 9.47 Å². The van der Waals surface area contributed by atoms with Crippen LogP contribution in [0.1, 0.15) is 55.5 Å². The minimum absolute atomic E-state index is 0.0431. The fourth-order valence-electron chi connectivity index (χ4n) is 4.44. The van der Waals surface area contributed by atoms with E-state index in [1.165, 1.54) is 4.90 Å². The quantitative estimate of drug-likeness (QED) is 0.208. The highest BCUT2D eigenvalue weighted by atomic mass is 16.5. The molecular formula is C31H34N2O5. The first kappa shape index (κ1) is 26.9. The van der Waals surface area contributed by atoms with E-state index in [0.717, 1.165) is 17.5 Å². The van der Waals surface area contributed by atoms with Crippen molar-refractivity contribution < 1.29 is 24.2 Å². The average molecular weight is 515 g/mol. The largest absolute Gasteiger partial charge is 0.507 e. The molecule has 0 bridgehead atoms. The van der Waals surface area contributed by atoms with Crippen LogP contribution in [-0.4, -0.2) is 39.9 Å². The number of amides is 1. The maximum atomic E-state index is 13.4. The zero-order valence-electron chi connectivity index (χ0n) is 22.3. The van der Waals surface area contributed by atoms with Gasteiger partial charge in [-0.1, -0.05) is 39.0 Å². The third kappa shape index (κ3) is 5.88. The van der Waals surface area contributed by atoms with Crippen LogP contribution in [0, 0.1) is 12.8 Å². The smallest absolute Gasteiger partial charge is 0.295 e. The van der Waals surface area contributed by atoms with E-state index in [1.807, 2.05) is 44.2 Å². The molecule has 2 aromatic carbocycles. The van der Waals surface area contributed by atoms with Crippen LogP contribution in [-0.2, 0) is 16.1 Å². The molecule has 7 heteroatoms. The molecule has 1 aromatic heterocycles. The summed E-state index contributed by atoms with van der Waals surface area (Å²) in [5.41, 5.74) is 2.77. The van der Waals surface area contributed by atoms with Crippen molar-refractivity contribution in [1.82, 2.24) is 9.88 Å². The number of rotatable bonds is 10. The summed E-state index contributed by atoms with van der Waals surface area (Å²) in [7, 11) is 0. The molecule has 0 radical (unpaired) electrons. The van der Waals surface area contributed by atoms with Gasteiger partial charge in [-0.25, -0.2) is 0 Å². The fourth-order valence-corrected chi connectivity index (χ4v) is 4.44. The predicted molar refractivity (Wildman–Crippen MR) is 146 cm³/mol. The van der Waals surface area contributed by atoms with Gasteiger partial charge in [-0.2, -0.15) is 0 Å². The number of nitrogens with zero attached hydrogens (tertiary/aromatic N) is 2. The van der Waals surface area contributed by atoms with Crippen molar-refractivity contribution in [2.75, 3.05) is 13.2 Å². The minimum Gasteiger partial charge on any atom is -0.507 e. The summed E-state index contributed by atoms with van der Waals surface area (Å²) >= 11 is 0. The number of aromatic nitrogens is 1. The molecular weight excluding hydrogens is 480 g/mol. The molecule has 3 aromatic rings. The lowest BCUT2D eigenvalue weighted by Gasteiger charge is -2.26. The van der Waals surface area contributed by atoms with E-state index in [1.54, 1.807) is 36.7 Å². The van der Waals surface area contributed by atoms with Gasteiger partial charge in [0.05, 0.1) is 24.8 Å². The summed E-state index contributed by atoms with van der Waals surface area (Å²) < 4.78 is 11.7. The number of aliphatic hydroxyl groups is 1. The molecule has 7 nitrogen and oxygen atoms in total. The van der Waals surface area contributed by atoms with E-state index < -0.39 is 17.7 Å². The van der Waals surface area contributed by atoms with Crippen LogP contribution in [0.4, 0.5) is 0 Å². The van der Waals surface area contributed by atoms with Crippen molar-refractivity contribution in [2.24, 2.45) is 5.92 Å². The number of benzene rings is 2. The summed E-state index contributed by atoms with van der Waals surface area (Å²) in [6.07, 6.45) is 4.19. The Bertz CT molecular complexity index is 1330. The maximum Gasteiger partial charge on any atom is 0.295 e. The molecule has 1 saturated heterocycles. The summed E-state index contributed by atoms with van der Waals surface area (Å²) in [5, 5.41) is 11.5. The molecule has 1 aliphatic rings. The number of hydrogen-bond donors (Lipinski definition) is 1. The van der Waals surface area contributed by atoms with Crippen molar-refractivity contribution >= 4 is 17.4 Å². The number of carbonyl (C=O) groups is 2. The van der Waals surface area contributed by atoms with Gasteiger partial charge in [-0.3, -0.25) is 14.6 Å². The highest BCUT2D eigenvalue weighted by molar-refractivity contribution is 6.46. The van der Waals surface area contributed by atoms with Crippen molar-refractivity contribution in [3.05, 3.63) is 94.8 Å². The molecule has 1 amide bonds. The summed E-state index contributed by atoms with van der Waals surface area (Å²) in [5.74, 6) is 0.0638. The summed E-state index contributed by atoms with van der Waals surface area (Å²) in [6, 6.07) is 15.4.